The summed E-state index contributed by atoms with van der Waals surface area (Å²) in [6.45, 7) is 7.60. The monoisotopic (exact) mass is 154 g/mol. The zero-order chi connectivity index (χ0) is 8.69. The number of likely N-dealkylation sites (N-methyl/N-ethyl adjacent to an activating group) is 1. The zero-order valence-electron chi connectivity index (χ0n) is 6.82. The normalized spacial score (nSPS) is 10.9. The molecular weight excluding hydrogens is 140 g/mol. The number of nitrogens with zero attached hydrogens (tertiary/aromatic N) is 2. The Morgan fingerprint density at radius 3 is 2.73 bits per heavy atom. The Hall–Kier alpha value is -1.09. The van der Waals surface area contributed by atoms with Crippen LogP contribution in [0.3, 0.4) is 0 Å². The van der Waals surface area contributed by atoms with Gasteiger partial charge in [0, 0.05) is 13.6 Å². The van der Waals surface area contributed by atoms with Crippen molar-refractivity contribution in [1.29, 1.82) is 0 Å². The molecule has 0 rings (SSSR count). The Labute approximate surface area is 67.4 Å². The summed E-state index contributed by atoms with van der Waals surface area (Å²) in [6.07, 6.45) is 3.38. The second-order valence-corrected chi connectivity index (χ2v) is 2.06. The molecule has 0 spiro atoms. The lowest BCUT2D eigenvalue weighted by atomic mass is 10.5. The van der Waals surface area contributed by atoms with Gasteiger partial charge in [-0.2, -0.15) is 0 Å². The molecule has 0 aromatic heterocycles. The van der Waals surface area contributed by atoms with Crippen LogP contribution in [0.1, 0.15) is 0 Å². The van der Waals surface area contributed by atoms with Gasteiger partial charge in [0.25, 0.3) is 0 Å². The van der Waals surface area contributed by atoms with Crippen molar-refractivity contribution in [3.8, 4) is 0 Å². The van der Waals surface area contributed by atoms with Gasteiger partial charge in [0.2, 0.25) is 0 Å². The Morgan fingerprint density at radius 1 is 1.73 bits per heavy atom. The van der Waals surface area contributed by atoms with Crippen LogP contribution in [0.4, 0.5) is 0 Å². The minimum absolute atomic E-state index is 0.112. The summed E-state index contributed by atoms with van der Waals surface area (Å²) in [6, 6.07) is 0. The standard InChI is InChI=1S/C8H14N2O/c1-4-5-8(9-2)10(3)6-7-11/h4-5,11H,1-2,6-7H2,3H3/b8-5+. The van der Waals surface area contributed by atoms with E-state index in [4.69, 9.17) is 5.11 Å². The Bertz CT molecular complexity index is 163. The highest BCUT2D eigenvalue weighted by atomic mass is 16.3. The number of aliphatic hydroxyl groups excluding tert-OH is 1. The molecule has 0 heterocycles. The van der Waals surface area contributed by atoms with Gasteiger partial charge in [-0.15, -0.1) is 0 Å². The maximum absolute atomic E-state index is 8.59. The van der Waals surface area contributed by atoms with E-state index in [1.54, 1.807) is 17.1 Å². The summed E-state index contributed by atoms with van der Waals surface area (Å²) in [5.41, 5.74) is 0. The van der Waals surface area contributed by atoms with Gasteiger partial charge in [0.15, 0.2) is 0 Å². The highest BCUT2D eigenvalue weighted by Gasteiger charge is 1.97. The van der Waals surface area contributed by atoms with E-state index in [-0.39, 0.29) is 6.61 Å². The fourth-order valence-electron chi connectivity index (χ4n) is 0.671. The van der Waals surface area contributed by atoms with Gasteiger partial charge in [-0.1, -0.05) is 12.7 Å². The lowest BCUT2D eigenvalue weighted by molar-refractivity contribution is 0.245. The lowest BCUT2D eigenvalue weighted by Gasteiger charge is -2.16. The van der Waals surface area contributed by atoms with Crippen LogP contribution in [0.25, 0.3) is 0 Å². The fourth-order valence-corrected chi connectivity index (χ4v) is 0.671. The molecule has 0 aromatic rings. The van der Waals surface area contributed by atoms with Crippen molar-refractivity contribution in [2.45, 2.75) is 0 Å². The molecule has 62 valence electrons. The van der Waals surface area contributed by atoms with E-state index in [1.165, 1.54) is 0 Å². The molecule has 0 saturated heterocycles. The third-order valence-corrected chi connectivity index (χ3v) is 1.26. The smallest absolute Gasteiger partial charge is 0.127 e. The molecule has 0 aliphatic heterocycles. The van der Waals surface area contributed by atoms with Crippen LogP contribution in [0.15, 0.2) is 29.5 Å². The van der Waals surface area contributed by atoms with Crippen LogP contribution in [-0.4, -0.2) is 36.9 Å². The first-order valence-corrected chi connectivity index (χ1v) is 3.37. The van der Waals surface area contributed by atoms with Crippen LogP contribution in [0.2, 0.25) is 0 Å². The number of hydrogen-bond donors (Lipinski definition) is 1. The van der Waals surface area contributed by atoms with E-state index in [2.05, 4.69) is 18.3 Å². The van der Waals surface area contributed by atoms with Crippen LogP contribution < -0.4 is 0 Å². The summed E-state index contributed by atoms with van der Waals surface area (Å²) in [5.74, 6) is 0.717. The largest absolute Gasteiger partial charge is 0.395 e. The molecule has 0 aromatic carbocycles. The highest BCUT2D eigenvalue weighted by molar-refractivity contribution is 5.29. The van der Waals surface area contributed by atoms with Gasteiger partial charge in [-0.25, -0.2) is 4.99 Å². The molecule has 0 saturated carbocycles. The fraction of sp³-hybridized carbons (Fsp3) is 0.375. The minimum Gasteiger partial charge on any atom is -0.395 e. The van der Waals surface area contributed by atoms with Crippen LogP contribution >= 0.6 is 0 Å². The molecular formula is C8H14N2O. The molecule has 0 aliphatic rings. The Balaban J connectivity index is 4.12. The molecule has 3 nitrogen and oxygen atoms in total. The van der Waals surface area contributed by atoms with E-state index >= 15 is 0 Å². The van der Waals surface area contributed by atoms with Crippen molar-refractivity contribution in [2.24, 2.45) is 4.99 Å². The van der Waals surface area contributed by atoms with Gasteiger partial charge in [-0.3, -0.25) is 0 Å². The maximum atomic E-state index is 8.59. The van der Waals surface area contributed by atoms with Gasteiger partial charge in [0.1, 0.15) is 5.82 Å². The van der Waals surface area contributed by atoms with E-state index < -0.39 is 0 Å². The van der Waals surface area contributed by atoms with Crippen molar-refractivity contribution in [3.63, 3.8) is 0 Å². The predicted molar refractivity (Wildman–Crippen MR) is 47.5 cm³/mol. The Kier molecular flexibility index (Phi) is 5.11. The highest BCUT2D eigenvalue weighted by Crippen LogP contribution is 2.00. The predicted octanol–water partition coefficient (Wildman–Crippen LogP) is 0.639. The first kappa shape index (κ1) is 9.91. The first-order chi connectivity index (χ1) is 5.26. The van der Waals surface area contributed by atoms with Crippen LogP contribution in [0.5, 0.6) is 0 Å². The number of aliphatic hydroxyl groups is 1. The molecule has 0 radical (unpaired) electrons. The molecule has 0 bridgehead atoms. The number of aliphatic imine (C=N–C) groups is 1. The summed E-state index contributed by atoms with van der Waals surface area (Å²) >= 11 is 0. The third kappa shape index (κ3) is 3.57. The molecule has 1 N–H and O–H groups in total. The van der Waals surface area contributed by atoms with Crippen LogP contribution in [0, 0.1) is 0 Å². The quantitative estimate of drug-likeness (QED) is 0.466. The second kappa shape index (κ2) is 5.68. The molecule has 3 heteroatoms. The topological polar surface area (TPSA) is 35.8 Å². The van der Waals surface area contributed by atoms with Crippen molar-refractivity contribution in [1.82, 2.24) is 4.90 Å². The molecule has 0 fully saturated rings. The average Bonchev–Trinajstić information content (AvgIpc) is 2.00. The number of allylic oxidation sites excluding steroid dienone is 2. The average molecular weight is 154 g/mol. The van der Waals surface area contributed by atoms with E-state index in [1.807, 2.05) is 7.05 Å². The van der Waals surface area contributed by atoms with Crippen LogP contribution in [-0.2, 0) is 0 Å². The van der Waals surface area contributed by atoms with Gasteiger partial charge >= 0.3 is 0 Å². The summed E-state index contributed by atoms with van der Waals surface area (Å²) in [7, 11) is 1.83. The number of rotatable bonds is 5. The minimum atomic E-state index is 0.112. The maximum Gasteiger partial charge on any atom is 0.127 e. The van der Waals surface area contributed by atoms with E-state index in [0.717, 1.165) is 0 Å². The van der Waals surface area contributed by atoms with Crippen molar-refractivity contribution in [2.75, 3.05) is 20.2 Å². The SMILES string of the molecule is C=C/C=C(\N=C)N(C)CCO. The Morgan fingerprint density at radius 2 is 2.36 bits per heavy atom. The number of hydrogen-bond acceptors (Lipinski definition) is 3. The second-order valence-electron chi connectivity index (χ2n) is 2.06. The van der Waals surface area contributed by atoms with Crippen molar-refractivity contribution < 1.29 is 5.11 Å². The molecule has 11 heavy (non-hydrogen) atoms. The van der Waals surface area contributed by atoms with E-state index in [0.29, 0.717) is 12.4 Å². The third-order valence-electron chi connectivity index (χ3n) is 1.26. The summed E-state index contributed by atoms with van der Waals surface area (Å²) in [5, 5.41) is 8.59. The molecule has 0 atom stereocenters. The molecule has 0 unspecified atom stereocenters. The van der Waals surface area contributed by atoms with Gasteiger partial charge in [0.05, 0.1) is 6.61 Å². The molecule has 0 amide bonds. The van der Waals surface area contributed by atoms with Crippen molar-refractivity contribution >= 4 is 6.72 Å². The van der Waals surface area contributed by atoms with Crippen molar-refractivity contribution in [3.05, 3.63) is 24.6 Å². The molecule has 0 aliphatic carbocycles. The van der Waals surface area contributed by atoms with Gasteiger partial charge < -0.3 is 10.0 Å². The lowest BCUT2D eigenvalue weighted by Crippen LogP contribution is -2.20. The summed E-state index contributed by atoms with van der Waals surface area (Å²) in [4.78, 5) is 5.55. The first-order valence-electron chi connectivity index (χ1n) is 3.37. The summed E-state index contributed by atoms with van der Waals surface area (Å²) < 4.78 is 0. The van der Waals surface area contributed by atoms with Gasteiger partial charge in [-0.05, 0) is 12.8 Å². The van der Waals surface area contributed by atoms with E-state index in [9.17, 15) is 0 Å². The zero-order valence-corrected chi connectivity index (χ0v) is 6.82.